The molecule has 0 saturated carbocycles. The quantitative estimate of drug-likeness (QED) is 0.466. The van der Waals surface area contributed by atoms with Crippen molar-refractivity contribution in [1.82, 2.24) is 14.7 Å². The molecule has 0 radical (unpaired) electrons. The number of rotatable bonds is 10. The number of nitrogens with zero attached hydrogens (tertiary/aromatic N) is 3. The first kappa shape index (κ1) is 28.3. The maximum absolute atomic E-state index is 13.4. The van der Waals surface area contributed by atoms with Gasteiger partial charge in [-0.1, -0.05) is 13.8 Å². The monoisotopic (exact) mass is 459 g/mol. The Morgan fingerprint density at radius 3 is 2.22 bits per heavy atom. The van der Waals surface area contributed by atoms with E-state index in [0.29, 0.717) is 23.5 Å². The average molecular weight is 459 g/mol. The molecule has 1 aromatic carbocycles. The molecule has 3 N–H and O–H groups in total. The summed E-state index contributed by atoms with van der Waals surface area (Å²) in [5.41, 5.74) is 2.32. The number of hydrogen-bond donors (Lipinski definition) is 3. The number of benzene rings is 1. The van der Waals surface area contributed by atoms with Gasteiger partial charge in [-0.15, -0.1) is 0 Å². The van der Waals surface area contributed by atoms with Gasteiger partial charge in [-0.05, 0) is 49.4 Å². The third-order valence-electron chi connectivity index (χ3n) is 4.95. The third-order valence-corrected chi connectivity index (χ3v) is 4.95. The normalized spacial score (nSPS) is 12.9. The molecule has 10 heteroatoms. The molecule has 172 valence electrons. The maximum atomic E-state index is 13.4. The first-order valence-electron chi connectivity index (χ1n) is 10.2. The van der Waals surface area contributed by atoms with Crippen molar-refractivity contribution < 1.29 is 29.3 Å². The number of aliphatic carboxylic acids is 1. The van der Waals surface area contributed by atoms with Crippen LogP contribution in [0.4, 0.5) is 4.39 Å². The molecule has 0 aliphatic heterocycles. The van der Waals surface area contributed by atoms with Crippen molar-refractivity contribution in [1.29, 1.82) is 0 Å². The van der Waals surface area contributed by atoms with Gasteiger partial charge in [0.1, 0.15) is 5.82 Å². The van der Waals surface area contributed by atoms with Crippen molar-refractivity contribution in [2.45, 2.75) is 57.7 Å². The Labute approximate surface area is 209 Å². The molecule has 0 saturated heterocycles. The van der Waals surface area contributed by atoms with Gasteiger partial charge in [0, 0.05) is 25.4 Å². The molecule has 32 heavy (non-hydrogen) atoms. The van der Waals surface area contributed by atoms with Crippen LogP contribution in [0.3, 0.4) is 0 Å². The number of halogens is 1. The first-order chi connectivity index (χ1) is 14.5. The molecule has 8 nitrogen and oxygen atoms in total. The van der Waals surface area contributed by atoms with Crippen LogP contribution in [0.15, 0.2) is 24.3 Å². The van der Waals surface area contributed by atoms with Crippen LogP contribution >= 0.6 is 0 Å². The summed E-state index contributed by atoms with van der Waals surface area (Å²) in [4.78, 5) is 24.9. The number of carbonyl (C=O) groups is 2. The molecule has 0 spiro atoms. The second-order valence-corrected chi connectivity index (χ2v) is 8.13. The SMILES string of the molecule is CC(C)c1c(C(=O)N(C)C)nn(-c2ccc(F)cc2)c1CC[C@@H](O)C[C@@H](O)CC(=O)O.[NaH]. The second kappa shape index (κ2) is 12.5. The van der Waals surface area contributed by atoms with E-state index >= 15 is 0 Å². The molecule has 0 bridgehead atoms. The molecule has 0 fully saturated rings. The molecule has 2 aromatic rings. The van der Waals surface area contributed by atoms with Crippen molar-refractivity contribution in [3.8, 4) is 5.69 Å². The van der Waals surface area contributed by atoms with E-state index < -0.39 is 30.4 Å². The van der Waals surface area contributed by atoms with Gasteiger partial charge in [0.25, 0.3) is 5.91 Å². The number of amides is 1. The molecule has 2 rings (SSSR count). The number of carboxylic acids is 1. The van der Waals surface area contributed by atoms with Crippen LogP contribution in [-0.2, 0) is 11.2 Å². The van der Waals surface area contributed by atoms with Crippen LogP contribution in [-0.4, -0.2) is 97.7 Å². The Kier molecular flexibility index (Phi) is 11.0. The summed E-state index contributed by atoms with van der Waals surface area (Å²) in [5.74, 6) is -1.84. The average Bonchev–Trinajstić information content (AvgIpc) is 3.05. The van der Waals surface area contributed by atoms with Crippen LogP contribution < -0.4 is 0 Å². The fourth-order valence-electron chi connectivity index (χ4n) is 3.50. The summed E-state index contributed by atoms with van der Waals surface area (Å²) in [7, 11) is 3.27. The molecule has 0 aliphatic rings. The predicted molar refractivity (Wildman–Crippen MR) is 120 cm³/mol. The molecule has 0 aliphatic carbocycles. The van der Waals surface area contributed by atoms with E-state index in [1.165, 1.54) is 17.0 Å². The van der Waals surface area contributed by atoms with Gasteiger partial charge >= 0.3 is 35.5 Å². The topological polar surface area (TPSA) is 116 Å². The van der Waals surface area contributed by atoms with E-state index in [0.717, 1.165) is 5.56 Å². The fourth-order valence-corrected chi connectivity index (χ4v) is 3.50. The number of carbonyl (C=O) groups excluding carboxylic acids is 1. The van der Waals surface area contributed by atoms with E-state index in [2.05, 4.69) is 5.10 Å². The summed E-state index contributed by atoms with van der Waals surface area (Å²) in [6.45, 7) is 3.88. The zero-order valence-electron chi connectivity index (χ0n) is 18.2. The predicted octanol–water partition coefficient (Wildman–Crippen LogP) is 1.71. The molecule has 2 atom stereocenters. The van der Waals surface area contributed by atoms with Gasteiger partial charge in [0.05, 0.1) is 24.3 Å². The summed E-state index contributed by atoms with van der Waals surface area (Å²) in [5, 5.41) is 33.4. The van der Waals surface area contributed by atoms with E-state index in [1.807, 2.05) is 13.8 Å². The number of hydrogen-bond acceptors (Lipinski definition) is 5. The number of carboxylic acid groups (broad SMARTS) is 1. The van der Waals surface area contributed by atoms with Crippen LogP contribution in [0, 0.1) is 5.82 Å². The zero-order chi connectivity index (χ0) is 23.3. The summed E-state index contributed by atoms with van der Waals surface area (Å²) in [6, 6.07) is 5.74. The Bertz CT molecular complexity index is 915. The van der Waals surface area contributed by atoms with Crippen LogP contribution in [0.5, 0.6) is 0 Å². The van der Waals surface area contributed by atoms with Gasteiger partial charge in [0.15, 0.2) is 5.69 Å². The Balaban J connectivity index is 0.00000512. The molecule has 1 amide bonds. The summed E-state index contributed by atoms with van der Waals surface area (Å²) >= 11 is 0. The van der Waals surface area contributed by atoms with Gasteiger partial charge in [-0.3, -0.25) is 9.59 Å². The third kappa shape index (κ3) is 7.38. The second-order valence-electron chi connectivity index (χ2n) is 8.13. The van der Waals surface area contributed by atoms with Crippen LogP contribution in [0.2, 0.25) is 0 Å². The summed E-state index contributed by atoms with van der Waals surface area (Å²) < 4.78 is 15.0. The molecule has 1 aromatic heterocycles. The molecule has 0 unspecified atom stereocenters. The van der Waals surface area contributed by atoms with Gasteiger partial charge in [0.2, 0.25) is 0 Å². The van der Waals surface area contributed by atoms with E-state index in [1.54, 1.807) is 30.9 Å². The first-order valence-corrected chi connectivity index (χ1v) is 10.2. The minimum absolute atomic E-state index is 0. The summed E-state index contributed by atoms with van der Waals surface area (Å²) in [6.07, 6.45) is -2.02. The fraction of sp³-hybridized carbons (Fsp3) is 0.500. The Hall–Kier alpha value is -1.78. The molecular weight excluding hydrogens is 428 g/mol. The standard InChI is InChI=1S/C22H30FN3O5.Na.H/c1-13(2)20-18(10-9-16(27)11-17(28)12-19(29)30)26(15-7-5-14(23)6-8-15)24-21(20)22(31)25(3)4;;/h5-8,13,16-17,27-28H,9-12H2,1-4H3,(H,29,30);;/t16-,17-;;/m1../s1. The number of aromatic nitrogens is 2. The van der Waals surface area contributed by atoms with Crippen LogP contribution in [0.25, 0.3) is 5.69 Å². The van der Waals surface area contributed by atoms with Crippen molar-refractivity contribution >= 4 is 41.4 Å². The molecular formula is C22H31FN3NaO5. The van der Waals surface area contributed by atoms with E-state index in [9.17, 15) is 24.2 Å². The molecule has 1 heterocycles. The van der Waals surface area contributed by atoms with Crippen molar-refractivity contribution in [2.24, 2.45) is 0 Å². The van der Waals surface area contributed by atoms with Gasteiger partial charge in [-0.25, -0.2) is 9.07 Å². The van der Waals surface area contributed by atoms with E-state index in [-0.39, 0.29) is 54.2 Å². The van der Waals surface area contributed by atoms with E-state index in [4.69, 9.17) is 5.11 Å². The number of aliphatic hydroxyl groups is 2. The van der Waals surface area contributed by atoms with Crippen molar-refractivity contribution in [2.75, 3.05) is 14.1 Å². The Morgan fingerprint density at radius 2 is 1.72 bits per heavy atom. The van der Waals surface area contributed by atoms with Crippen molar-refractivity contribution in [3.05, 3.63) is 47.0 Å². The number of aliphatic hydroxyl groups excluding tert-OH is 2. The van der Waals surface area contributed by atoms with Gasteiger partial charge < -0.3 is 20.2 Å². The Morgan fingerprint density at radius 1 is 1.12 bits per heavy atom. The minimum atomic E-state index is -1.15. The van der Waals surface area contributed by atoms with Crippen LogP contribution in [0.1, 0.15) is 60.8 Å². The van der Waals surface area contributed by atoms with Gasteiger partial charge in [-0.2, -0.15) is 5.10 Å². The zero-order valence-corrected chi connectivity index (χ0v) is 18.2. The van der Waals surface area contributed by atoms with Crippen molar-refractivity contribution in [3.63, 3.8) is 0 Å².